The van der Waals surface area contributed by atoms with Gasteiger partial charge >= 0.3 is 0 Å². The molecule has 138 valence electrons. The maximum absolute atomic E-state index is 12.2. The molecular weight excluding hydrogens is 332 g/mol. The van der Waals surface area contributed by atoms with E-state index in [0.717, 1.165) is 56.9 Å². The summed E-state index contributed by atoms with van der Waals surface area (Å²) in [6, 6.07) is 2.05. The average molecular weight is 363 g/mol. The number of hydrogen-bond donors (Lipinski definition) is 0. The van der Waals surface area contributed by atoms with Gasteiger partial charge in [0.25, 0.3) is 0 Å². The zero-order valence-corrected chi connectivity index (χ0v) is 16.4. The first-order valence-electron chi connectivity index (χ1n) is 9.60. The lowest BCUT2D eigenvalue weighted by atomic mass is 9.73. The molecule has 0 bridgehead atoms. The minimum Gasteiger partial charge on any atom is -0.342 e. The first-order chi connectivity index (χ1) is 12.0. The number of ketones is 1. The Bertz CT molecular complexity index is 627. The summed E-state index contributed by atoms with van der Waals surface area (Å²) in [5, 5.41) is 2.12. The second kappa shape index (κ2) is 8.00. The molecule has 2 fully saturated rings. The van der Waals surface area contributed by atoms with Crippen molar-refractivity contribution in [1.29, 1.82) is 0 Å². The Morgan fingerprint density at radius 3 is 2.88 bits per heavy atom. The van der Waals surface area contributed by atoms with Crippen LogP contribution in [0.4, 0.5) is 0 Å². The lowest BCUT2D eigenvalue weighted by molar-refractivity contribution is -0.139. The zero-order valence-electron chi connectivity index (χ0n) is 15.6. The van der Waals surface area contributed by atoms with Gasteiger partial charge in [-0.25, -0.2) is 0 Å². The van der Waals surface area contributed by atoms with E-state index in [9.17, 15) is 9.59 Å². The van der Waals surface area contributed by atoms with E-state index < -0.39 is 0 Å². The molecule has 4 nitrogen and oxygen atoms in total. The van der Waals surface area contributed by atoms with Crippen molar-refractivity contribution in [2.75, 3.05) is 26.2 Å². The van der Waals surface area contributed by atoms with Crippen LogP contribution < -0.4 is 0 Å². The molecule has 1 aromatic heterocycles. The van der Waals surface area contributed by atoms with Crippen molar-refractivity contribution in [3.05, 3.63) is 21.9 Å². The highest BCUT2D eigenvalue weighted by Crippen LogP contribution is 2.39. The standard InChI is InChI=1S/C20H30N2O2S/c1-3-4-10-22-15-20(8-6-19(22)24)7-5-9-21(14-20)12-17-11-18(16(2)23)25-13-17/h11,13H,3-10,12,14-15H2,1-2H3/t20-/m1/s1. The lowest BCUT2D eigenvalue weighted by Crippen LogP contribution is -2.53. The summed E-state index contributed by atoms with van der Waals surface area (Å²) in [4.78, 5) is 29.3. The minimum absolute atomic E-state index is 0.156. The van der Waals surface area contributed by atoms with Gasteiger partial charge < -0.3 is 4.90 Å². The molecule has 0 unspecified atom stereocenters. The number of Topliss-reactive ketones (excluding diaryl/α,β-unsaturated/α-hetero) is 1. The maximum atomic E-state index is 12.2. The normalized spacial score (nSPS) is 24.9. The summed E-state index contributed by atoms with van der Waals surface area (Å²) in [7, 11) is 0. The Balaban J connectivity index is 1.63. The third-order valence-electron chi connectivity index (χ3n) is 5.68. The van der Waals surface area contributed by atoms with E-state index in [4.69, 9.17) is 0 Å². The van der Waals surface area contributed by atoms with Gasteiger partial charge in [0.15, 0.2) is 5.78 Å². The van der Waals surface area contributed by atoms with Gasteiger partial charge in [-0.05, 0) is 56.2 Å². The van der Waals surface area contributed by atoms with Gasteiger partial charge in [0.2, 0.25) is 5.91 Å². The van der Waals surface area contributed by atoms with Crippen LogP contribution >= 0.6 is 11.3 Å². The predicted octanol–water partition coefficient (Wildman–Crippen LogP) is 3.96. The van der Waals surface area contributed by atoms with E-state index in [2.05, 4.69) is 22.1 Å². The van der Waals surface area contributed by atoms with Crippen LogP contribution in [0.3, 0.4) is 0 Å². The van der Waals surface area contributed by atoms with Crippen LogP contribution in [0.5, 0.6) is 0 Å². The Kier molecular flexibility index (Phi) is 5.95. The second-order valence-electron chi connectivity index (χ2n) is 7.86. The van der Waals surface area contributed by atoms with Crippen LogP contribution in [-0.2, 0) is 11.3 Å². The molecular formula is C20H30N2O2S. The fourth-order valence-electron chi connectivity index (χ4n) is 4.33. The quantitative estimate of drug-likeness (QED) is 0.719. The van der Waals surface area contributed by atoms with E-state index in [1.54, 1.807) is 18.3 Å². The van der Waals surface area contributed by atoms with Gasteiger partial charge in [0, 0.05) is 38.0 Å². The summed E-state index contributed by atoms with van der Waals surface area (Å²) < 4.78 is 0. The zero-order chi connectivity index (χ0) is 17.9. The van der Waals surface area contributed by atoms with Crippen LogP contribution in [0.1, 0.15) is 67.6 Å². The molecule has 0 saturated carbocycles. The number of likely N-dealkylation sites (tertiary alicyclic amines) is 2. The third-order valence-corrected chi connectivity index (χ3v) is 6.76. The molecule has 0 N–H and O–H groups in total. The molecule has 0 radical (unpaired) electrons. The topological polar surface area (TPSA) is 40.6 Å². The Hall–Kier alpha value is -1.20. The van der Waals surface area contributed by atoms with Gasteiger partial charge in [-0.15, -0.1) is 11.3 Å². The summed E-state index contributed by atoms with van der Waals surface area (Å²) in [5.41, 5.74) is 1.53. The van der Waals surface area contributed by atoms with E-state index in [1.165, 1.54) is 18.4 Å². The number of hydrogen-bond acceptors (Lipinski definition) is 4. The monoisotopic (exact) mass is 362 g/mol. The van der Waals surface area contributed by atoms with Crippen LogP contribution in [0.25, 0.3) is 0 Å². The Labute approximate surface area is 155 Å². The van der Waals surface area contributed by atoms with E-state index in [-0.39, 0.29) is 11.2 Å². The predicted molar refractivity (Wildman–Crippen MR) is 102 cm³/mol. The fraction of sp³-hybridized carbons (Fsp3) is 0.700. The van der Waals surface area contributed by atoms with Crippen LogP contribution in [0.15, 0.2) is 11.4 Å². The molecule has 1 amide bonds. The van der Waals surface area contributed by atoms with E-state index in [1.807, 2.05) is 6.07 Å². The summed E-state index contributed by atoms with van der Waals surface area (Å²) in [5.74, 6) is 0.504. The fourth-order valence-corrected chi connectivity index (χ4v) is 5.14. The van der Waals surface area contributed by atoms with Crippen molar-refractivity contribution >= 4 is 23.0 Å². The summed E-state index contributed by atoms with van der Waals surface area (Å²) >= 11 is 1.55. The number of rotatable bonds is 6. The Morgan fingerprint density at radius 2 is 2.16 bits per heavy atom. The minimum atomic E-state index is 0.156. The van der Waals surface area contributed by atoms with Crippen molar-refractivity contribution in [2.24, 2.45) is 5.41 Å². The number of piperidine rings is 2. The van der Waals surface area contributed by atoms with E-state index in [0.29, 0.717) is 12.3 Å². The van der Waals surface area contributed by atoms with Crippen molar-refractivity contribution in [2.45, 2.75) is 58.9 Å². The smallest absolute Gasteiger partial charge is 0.222 e. The summed E-state index contributed by atoms with van der Waals surface area (Å²) in [6.45, 7) is 8.80. The molecule has 0 aliphatic carbocycles. The average Bonchev–Trinajstić information content (AvgIpc) is 3.05. The van der Waals surface area contributed by atoms with Crippen LogP contribution in [-0.4, -0.2) is 47.7 Å². The highest BCUT2D eigenvalue weighted by Gasteiger charge is 2.41. The van der Waals surface area contributed by atoms with E-state index >= 15 is 0 Å². The molecule has 1 spiro atoms. The third kappa shape index (κ3) is 4.50. The van der Waals surface area contributed by atoms with Crippen molar-refractivity contribution in [3.8, 4) is 0 Å². The number of thiophene rings is 1. The van der Waals surface area contributed by atoms with Crippen LogP contribution in [0.2, 0.25) is 0 Å². The van der Waals surface area contributed by atoms with Crippen molar-refractivity contribution in [3.63, 3.8) is 0 Å². The molecule has 2 aliphatic heterocycles. The second-order valence-corrected chi connectivity index (χ2v) is 8.77. The summed E-state index contributed by atoms with van der Waals surface area (Å²) in [6.07, 6.45) is 6.44. The van der Waals surface area contributed by atoms with Gasteiger partial charge in [-0.2, -0.15) is 0 Å². The molecule has 2 saturated heterocycles. The molecule has 0 aromatic carbocycles. The lowest BCUT2D eigenvalue weighted by Gasteiger charge is -2.48. The maximum Gasteiger partial charge on any atom is 0.222 e. The first-order valence-corrected chi connectivity index (χ1v) is 10.5. The molecule has 25 heavy (non-hydrogen) atoms. The number of unbranched alkanes of at least 4 members (excludes halogenated alkanes) is 1. The first kappa shape index (κ1) is 18.6. The molecule has 1 atom stereocenters. The SMILES string of the molecule is CCCCN1C[C@]2(CCCN(Cc3csc(C(C)=O)c3)C2)CCC1=O. The van der Waals surface area contributed by atoms with Crippen molar-refractivity contribution < 1.29 is 9.59 Å². The van der Waals surface area contributed by atoms with Gasteiger partial charge in [0.1, 0.15) is 0 Å². The molecule has 3 rings (SSSR count). The molecule has 3 heterocycles. The molecule has 5 heteroatoms. The van der Waals surface area contributed by atoms with Crippen molar-refractivity contribution in [1.82, 2.24) is 9.80 Å². The van der Waals surface area contributed by atoms with Gasteiger partial charge in [-0.3, -0.25) is 14.5 Å². The number of carbonyl (C=O) groups is 2. The number of amides is 1. The van der Waals surface area contributed by atoms with Crippen LogP contribution in [0, 0.1) is 5.41 Å². The number of carbonyl (C=O) groups excluding carboxylic acids is 2. The van der Waals surface area contributed by atoms with Gasteiger partial charge in [0.05, 0.1) is 4.88 Å². The number of nitrogens with zero attached hydrogens (tertiary/aromatic N) is 2. The van der Waals surface area contributed by atoms with Gasteiger partial charge in [-0.1, -0.05) is 13.3 Å². The molecule has 1 aromatic rings. The molecule has 2 aliphatic rings. The highest BCUT2D eigenvalue weighted by molar-refractivity contribution is 7.12. The Morgan fingerprint density at radius 1 is 1.32 bits per heavy atom. The highest BCUT2D eigenvalue weighted by atomic mass is 32.1. The largest absolute Gasteiger partial charge is 0.342 e.